The van der Waals surface area contributed by atoms with Crippen LogP contribution in [-0.4, -0.2) is 12.1 Å². The summed E-state index contributed by atoms with van der Waals surface area (Å²) in [6.45, 7) is -0.116. The molecule has 0 amide bonds. The van der Waals surface area contributed by atoms with E-state index in [9.17, 15) is 8.78 Å². The molecule has 1 aromatic rings. The summed E-state index contributed by atoms with van der Waals surface area (Å²) in [5.74, 6) is 0.0238. The third kappa shape index (κ3) is 2.44. The maximum atomic E-state index is 12.7. The van der Waals surface area contributed by atoms with Gasteiger partial charge in [-0.15, -0.1) is 0 Å². The van der Waals surface area contributed by atoms with E-state index in [1.54, 1.807) is 0 Å². The lowest BCUT2D eigenvalue weighted by Gasteiger charge is -2.12. The number of halogens is 2. The number of nitrogens with two attached hydrogens (primary N) is 1. The van der Waals surface area contributed by atoms with E-state index >= 15 is 0 Å². The molecular formula is C10H11F2N3O. The molecule has 6 heteroatoms. The van der Waals surface area contributed by atoms with Gasteiger partial charge < -0.3 is 10.5 Å². The van der Waals surface area contributed by atoms with Crippen LogP contribution in [0.1, 0.15) is 23.4 Å². The van der Waals surface area contributed by atoms with Crippen molar-refractivity contribution in [3.8, 4) is 11.8 Å². The van der Waals surface area contributed by atoms with Gasteiger partial charge >= 0.3 is 0 Å². The van der Waals surface area contributed by atoms with Crippen molar-refractivity contribution in [2.45, 2.75) is 19.4 Å². The zero-order valence-corrected chi connectivity index (χ0v) is 8.70. The van der Waals surface area contributed by atoms with E-state index in [1.165, 1.54) is 13.2 Å². The fraction of sp³-hybridized carbons (Fsp3) is 0.400. The summed E-state index contributed by atoms with van der Waals surface area (Å²) >= 11 is 0. The van der Waals surface area contributed by atoms with Gasteiger partial charge in [0.2, 0.25) is 0 Å². The number of ether oxygens (including phenoxy) is 1. The largest absolute Gasteiger partial charge is 0.496 e. The first-order valence-corrected chi connectivity index (χ1v) is 4.55. The average Bonchev–Trinajstić information content (AvgIpc) is 2.27. The molecule has 1 heterocycles. The number of rotatable bonds is 4. The zero-order chi connectivity index (χ0) is 12.1. The minimum absolute atomic E-state index is 0.0238. The summed E-state index contributed by atoms with van der Waals surface area (Å²) in [6, 6.07) is 3.23. The van der Waals surface area contributed by atoms with Crippen LogP contribution < -0.4 is 10.5 Å². The standard InChI is InChI=1S/C10H11F2N3O/c1-16-8-4-6(2-3-13)15-7(5-14)9(8)10(11)12/h4,10H,2,5,14H2,1H3. The van der Waals surface area contributed by atoms with E-state index in [0.717, 1.165) is 0 Å². The van der Waals surface area contributed by atoms with E-state index in [2.05, 4.69) is 4.98 Å². The van der Waals surface area contributed by atoms with E-state index < -0.39 is 6.43 Å². The Morgan fingerprint density at radius 1 is 1.62 bits per heavy atom. The summed E-state index contributed by atoms with van der Waals surface area (Å²) in [6.07, 6.45) is -2.66. The minimum Gasteiger partial charge on any atom is -0.496 e. The Hall–Kier alpha value is -1.74. The van der Waals surface area contributed by atoms with Gasteiger partial charge in [0, 0.05) is 12.6 Å². The lowest BCUT2D eigenvalue weighted by Crippen LogP contribution is -2.09. The Morgan fingerprint density at radius 2 is 2.31 bits per heavy atom. The zero-order valence-electron chi connectivity index (χ0n) is 8.70. The number of aromatic nitrogens is 1. The molecule has 86 valence electrons. The van der Waals surface area contributed by atoms with Crippen molar-refractivity contribution in [2.75, 3.05) is 7.11 Å². The molecule has 2 N–H and O–H groups in total. The molecule has 0 aliphatic carbocycles. The van der Waals surface area contributed by atoms with Crippen LogP contribution in [0.4, 0.5) is 8.78 Å². The summed E-state index contributed by atoms with van der Waals surface area (Å²) in [7, 11) is 1.29. The molecule has 4 nitrogen and oxygen atoms in total. The van der Waals surface area contributed by atoms with Gasteiger partial charge in [0.05, 0.1) is 36.6 Å². The minimum atomic E-state index is -2.70. The second kappa shape index (κ2) is 5.37. The molecule has 0 unspecified atom stereocenters. The first-order chi connectivity index (χ1) is 7.63. The van der Waals surface area contributed by atoms with Crippen molar-refractivity contribution >= 4 is 0 Å². The molecule has 0 radical (unpaired) electrons. The number of nitrogens with zero attached hydrogens (tertiary/aromatic N) is 2. The van der Waals surface area contributed by atoms with Gasteiger partial charge in [0.1, 0.15) is 5.75 Å². The molecule has 0 saturated heterocycles. The monoisotopic (exact) mass is 227 g/mol. The fourth-order valence-corrected chi connectivity index (χ4v) is 1.37. The van der Waals surface area contributed by atoms with Crippen LogP contribution in [0.15, 0.2) is 6.07 Å². The van der Waals surface area contributed by atoms with E-state index in [0.29, 0.717) is 5.69 Å². The fourth-order valence-electron chi connectivity index (χ4n) is 1.37. The van der Waals surface area contributed by atoms with Gasteiger partial charge in [-0.3, -0.25) is 4.98 Å². The van der Waals surface area contributed by atoms with Gasteiger partial charge in [-0.1, -0.05) is 0 Å². The highest BCUT2D eigenvalue weighted by atomic mass is 19.3. The molecule has 1 aromatic heterocycles. The van der Waals surface area contributed by atoms with Crippen LogP contribution in [0.3, 0.4) is 0 Å². The van der Waals surface area contributed by atoms with Crippen molar-refractivity contribution in [2.24, 2.45) is 5.73 Å². The predicted molar refractivity (Wildman–Crippen MR) is 53.0 cm³/mol. The quantitative estimate of drug-likeness (QED) is 0.847. The topological polar surface area (TPSA) is 71.9 Å². The molecular weight excluding hydrogens is 216 g/mol. The van der Waals surface area contributed by atoms with Crippen molar-refractivity contribution < 1.29 is 13.5 Å². The highest BCUT2D eigenvalue weighted by Gasteiger charge is 2.20. The smallest absolute Gasteiger partial charge is 0.269 e. The number of methoxy groups -OCH3 is 1. The Labute approximate surface area is 91.7 Å². The second-order valence-corrected chi connectivity index (χ2v) is 3.02. The van der Waals surface area contributed by atoms with Crippen molar-refractivity contribution in [1.82, 2.24) is 4.98 Å². The van der Waals surface area contributed by atoms with Gasteiger partial charge in [-0.05, 0) is 0 Å². The lowest BCUT2D eigenvalue weighted by molar-refractivity contribution is 0.145. The Kier molecular flexibility index (Phi) is 4.14. The van der Waals surface area contributed by atoms with Gasteiger partial charge in [0.15, 0.2) is 0 Å². The Bertz CT molecular complexity index is 390. The number of hydrogen-bond acceptors (Lipinski definition) is 4. The molecule has 0 spiro atoms. The van der Waals surface area contributed by atoms with E-state index in [1.807, 2.05) is 6.07 Å². The summed E-state index contributed by atoms with van der Waals surface area (Å²) < 4.78 is 30.3. The highest BCUT2D eigenvalue weighted by molar-refractivity contribution is 5.40. The molecule has 1 rings (SSSR count). The summed E-state index contributed by atoms with van der Waals surface area (Å²) in [5.41, 5.74) is 5.49. The second-order valence-electron chi connectivity index (χ2n) is 3.02. The summed E-state index contributed by atoms with van der Waals surface area (Å²) in [4.78, 5) is 3.90. The molecule has 0 aromatic carbocycles. The van der Waals surface area contributed by atoms with Crippen molar-refractivity contribution in [1.29, 1.82) is 5.26 Å². The SMILES string of the molecule is COc1cc(CC#N)nc(CN)c1C(F)F. The predicted octanol–water partition coefficient (Wildman–Crippen LogP) is 1.55. The third-order valence-electron chi connectivity index (χ3n) is 2.04. The van der Waals surface area contributed by atoms with Crippen molar-refractivity contribution in [3.63, 3.8) is 0 Å². The maximum absolute atomic E-state index is 12.7. The van der Waals surface area contributed by atoms with Gasteiger partial charge in [0.25, 0.3) is 6.43 Å². The normalized spacial score (nSPS) is 10.2. The molecule has 0 fully saturated rings. The highest BCUT2D eigenvalue weighted by Crippen LogP contribution is 2.31. The molecule has 0 atom stereocenters. The molecule has 0 aliphatic heterocycles. The number of alkyl halides is 2. The van der Waals surface area contributed by atoms with E-state index in [-0.39, 0.29) is 30.0 Å². The van der Waals surface area contributed by atoms with Crippen LogP contribution in [0, 0.1) is 11.3 Å². The number of hydrogen-bond donors (Lipinski definition) is 1. The third-order valence-corrected chi connectivity index (χ3v) is 2.04. The van der Waals surface area contributed by atoms with Crippen LogP contribution in [0.5, 0.6) is 5.75 Å². The van der Waals surface area contributed by atoms with Crippen LogP contribution in [0.2, 0.25) is 0 Å². The average molecular weight is 227 g/mol. The lowest BCUT2D eigenvalue weighted by atomic mass is 10.1. The van der Waals surface area contributed by atoms with Crippen molar-refractivity contribution in [3.05, 3.63) is 23.0 Å². The Morgan fingerprint density at radius 3 is 2.75 bits per heavy atom. The first-order valence-electron chi connectivity index (χ1n) is 4.55. The number of nitriles is 1. The van der Waals surface area contributed by atoms with E-state index in [4.69, 9.17) is 15.7 Å². The summed E-state index contributed by atoms with van der Waals surface area (Å²) in [5, 5.41) is 8.52. The van der Waals surface area contributed by atoms with Gasteiger partial charge in [-0.2, -0.15) is 5.26 Å². The number of pyridine rings is 1. The Balaban J connectivity index is 3.32. The molecule has 0 aliphatic rings. The van der Waals surface area contributed by atoms with Gasteiger partial charge in [-0.25, -0.2) is 8.78 Å². The molecule has 0 bridgehead atoms. The van der Waals surface area contributed by atoms with Crippen LogP contribution in [0.25, 0.3) is 0 Å². The molecule has 16 heavy (non-hydrogen) atoms. The first kappa shape index (κ1) is 12.3. The van der Waals surface area contributed by atoms with Crippen LogP contribution in [-0.2, 0) is 13.0 Å². The van der Waals surface area contributed by atoms with Crippen LogP contribution >= 0.6 is 0 Å². The molecule has 0 saturated carbocycles. The maximum Gasteiger partial charge on any atom is 0.269 e.